The minimum absolute atomic E-state index is 0.0206. The first kappa shape index (κ1) is 24.2. The molecule has 2 aromatic rings. The Labute approximate surface area is 184 Å². The van der Waals surface area contributed by atoms with Crippen LogP contribution in [0.3, 0.4) is 0 Å². The third kappa shape index (κ3) is 5.66. The van der Waals surface area contributed by atoms with E-state index in [0.717, 1.165) is 5.56 Å². The molecule has 176 valence electrons. The first-order chi connectivity index (χ1) is 14.8. The Bertz CT molecular complexity index is 1090. The third-order valence-electron chi connectivity index (χ3n) is 4.71. The number of fused-ring (bicyclic) bond motifs is 1. The molecule has 0 N–H and O–H groups in total. The molecule has 0 amide bonds. The molecule has 0 radical (unpaired) electrons. The molecule has 0 unspecified atom stereocenters. The Hall–Kier alpha value is -2.47. The van der Waals surface area contributed by atoms with Gasteiger partial charge in [-0.25, -0.2) is 18.1 Å². The second kappa shape index (κ2) is 8.81. The Balaban J connectivity index is 1.68. The van der Waals surface area contributed by atoms with Gasteiger partial charge >= 0.3 is 21.5 Å². The normalized spacial score (nSPS) is 15.4. The quantitative estimate of drug-likeness (QED) is 0.597. The van der Waals surface area contributed by atoms with Crippen LogP contribution in [0.2, 0.25) is 0 Å². The van der Waals surface area contributed by atoms with Crippen LogP contribution in [-0.2, 0) is 39.1 Å². The highest BCUT2D eigenvalue weighted by Crippen LogP contribution is 2.30. The Morgan fingerprint density at radius 2 is 1.91 bits per heavy atom. The van der Waals surface area contributed by atoms with Gasteiger partial charge in [-0.15, -0.1) is 0 Å². The van der Waals surface area contributed by atoms with Gasteiger partial charge in [0.1, 0.15) is 11.4 Å². The highest BCUT2D eigenvalue weighted by Gasteiger charge is 2.50. The summed E-state index contributed by atoms with van der Waals surface area (Å²) in [5.41, 5.74) is -4.28. The summed E-state index contributed by atoms with van der Waals surface area (Å²) in [4.78, 5) is 16.1. The van der Waals surface area contributed by atoms with Crippen molar-refractivity contribution in [3.63, 3.8) is 0 Å². The summed E-state index contributed by atoms with van der Waals surface area (Å²) < 4.78 is 68.9. The van der Waals surface area contributed by atoms with Gasteiger partial charge in [-0.2, -0.15) is 22.6 Å². The predicted molar refractivity (Wildman–Crippen MR) is 110 cm³/mol. The molecule has 0 aliphatic carbocycles. The van der Waals surface area contributed by atoms with Crippen LogP contribution in [0.25, 0.3) is 11.4 Å². The fraction of sp³-hybridized carbons (Fsp3) is 0.550. The van der Waals surface area contributed by atoms with Crippen molar-refractivity contribution in [2.45, 2.75) is 64.2 Å². The average Bonchev–Trinajstić information content (AvgIpc) is 3.09. The summed E-state index contributed by atoms with van der Waals surface area (Å²) in [7, 11) is -5.42. The van der Waals surface area contributed by atoms with E-state index in [2.05, 4.69) is 10.1 Å². The zero-order valence-corrected chi connectivity index (χ0v) is 18.8. The van der Waals surface area contributed by atoms with Gasteiger partial charge in [-0.3, -0.25) is 4.79 Å². The lowest BCUT2D eigenvalue weighted by atomic mass is 10.0. The van der Waals surface area contributed by atoms with Crippen LogP contribution in [0.15, 0.2) is 24.3 Å². The molecule has 1 aromatic heterocycles. The van der Waals surface area contributed by atoms with Crippen LogP contribution in [0.5, 0.6) is 0 Å². The number of nitrogens with zero attached hydrogens (tertiary/aromatic N) is 4. The number of aryl methyl sites for hydroxylation is 1. The number of carbonyl (C=O) groups excluding carboxylic acids is 1. The van der Waals surface area contributed by atoms with Crippen LogP contribution in [0, 0.1) is 0 Å². The zero-order chi connectivity index (χ0) is 23.7. The van der Waals surface area contributed by atoms with Gasteiger partial charge in [0.2, 0.25) is 0 Å². The van der Waals surface area contributed by atoms with Gasteiger partial charge in [0.15, 0.2) is 5.82 Å². The van der Waals surface area contributed by atoms with E-state index in [4.69, 9.17) is 4.74 Å². The zero-order valence-electron chi connectivity index (χ0n) is 18.0. The molecule has 1 aromatic carbocycles. The summed E-state index contributed by atoms with van der Waals surface area (Å²) in [5.74, 6) is 0.185. The third-order valence-corrected chi connectivity index (χ3v) is 6.29. The number of hydrogen-bond acceptors (Lipinski definition) is 6. The number of esters is 1. The number of benzene rings is 1. The fourth-order valence-corrected chi connectivity index (χ4v) is 4.18. The molecule has 0 spiro atoms. The van der Waals surface area contributed by atoms with Crippen molar-refractivity contribution in [1.82, 2.24) is 19.1 Å². The maximum Gasteiger partial charge on any atom is 0.511 e. The predicted octanol–water partition coefficient (Wildman–Crippen LogP) is 3.27. The highest BCUT2D eigenvalue weighted by atomic mass is 32.2. The van der Waals surface area contributed by atoms with E-state index in [9.17, 15) is 26.4 Å². The second-order valence-corrected chi connectivity index (χ2v) is 10.4. The molecule has 0 saturated carbocycles. The molecule has 3 rings (SSSR count). The van der Waals surface area contributed by atoms with Crippen LogP contribution in [0.1, 0.15) is 45.0 Å². The van der Waals surface area contributed by atoms with Crippen LogP contribution < -0.4 is 0 Å². The SMILES string of the molecule is CC(C)(C)OC(=O)CCCc1cccc(-c2nc3n(n2)CCN(S(=O)(=O)C(F)(F)F)C3)c1. The van der Waals surface area contributed by atoms with E-state index in [1.165, 1.54) is 4.68 Å². The van der Waals surface area contributed by atoms with Gasteiger partial charge in [-0.05, 0) is 45.2 Å². The molecule has 1 aliphatic rings. The minimum atomic E-state index is -5.42. The van der Waals surface area contributed by atoms with Gasteiger partial charge in [0.05, 0.1) is 13.1 Å². The Kier molecular flexibility index (Phi) is 6.66. The summed E-state index contributed by atoms with van der Waals surface area (Å²) in [6.07, 6.45) is 1.50. The number of aromatic nitrogens is 3. The number of hydrogen-bond donors (Lipinski definition) is 0. The topological polar surface area (TPSA) is 94.4 Å². The van der Waals surface area contributed by atoms with Crippen molar-refractivity contribution in [2.75, 3.05) is 6.54 Å². The van der Waals surface area contributed by atoms with Crippen LogP contribution in [-0.4, -0.2) is 51.1 Å². The lowest BCUT2D eigenvalue weighted by molar-refractivity contribution is -0.154. The van der Waals surface area contributed by atoms with E-state index in [0.29, 0.717) is 28.5 Å². The fourth-order valence-electron chi connectivity index (χ4n) is 3.28. The summed E-state index contributed by atoms with van der Waals surface area (Å²) in [6.45, 7) is 4.58. The van der Waals surface area contributed by atoms with Gasteiger partial charge in [-0.1, -0.05) is 18.2 Å². The number of rotatable bonds is 6. The number of alkyl halides is 3. The van der Waals surface area contributed by atoms with Crippen molar-refractivity contribution in [3.05, 3.63) is 35.7 Å². The molecule has 0 atom stereocenters. The minimum Gasteiger partial charge on any atom is -0.460 e. The van der Waals surface area contributed by atoms with Gasteiger partial charge in [0.25, 0.3) is 0 Å². The van der Waals surface area contributed by atoms with E-state index >= 15 is 0 Å². The molecular weight excluding hydrogens is 449 g/mol. The van der Waals surface area contributed by atoms with Crippen molar-refractivity contribution in [2.24, 2.45) is 0 Å². The number of carbonyl (C=O) groups is 1. The lowest BCUT2D eigenvalue weighted by Gasteiger charge is -2.26. The molecule has 0 fully saturated rings. The number of sulfonamides is 1. The first-order valence-corrected chi connectivity index (χ1v) is 11.5. The standard InChI is InChI=1S/C20H25F3N4O4S/c1-19(2,3)31-17(28)9-5-7-14-6-4-8-15(12-14)18-24-16-13-26(10-11-27(16)25-18)32(29,30)20(21,22)23/h4,6,8,12H,5,7,9-11,13H2,1-3H3. The average molecular weight is 475 g/mol. The second-order valence-electron chi connectivity index (χ2n) is 8.50. The molecule has 8 nitrogen and oxygen atoms in total. The molecule has 1 aliphatic heterocycles. The number of halogens is 3. The highest BCUT2D eigenvalue weighted by molar-refractivity contribution is 7.89. The van der Waals surface area contributed by atoms with E-state index in [-0.39, 0.29) is 31.3 Å². The molecule has 0 saturated heterocycles. The monoisotopic (exact) mass is 474 g/mol. The largest absolute Gasteiger partial charge is 0.511 e. The van der Waals surface area contributed by atoms with Gasteiger partial charge in [0, 0.05) is 18.5 Å². The van der Waals surface area contributed by atoms with E-state index in [1.54, 1.807) is 12.1 Å². The van der Waals surface area contributed by atoms with Gasteiger partial charge < -0.3 is 4.74 Å². The Morgan fingerprint density at radius 1 is 1.19 bits per heavy atom. The number of ether oxygens (including phenoxy) is 1. The van der Waals surface area contributed by atoms with E-state index < -0.39 is 27.7 Å². The maximum atomic E-state index is 12.8. The maximum absolute atomic E-state index is 12.8. The van der Waals surface area contributed by atoms with Crippen LogP contribution >= 0.6 is 0 Å². The lowest BCUT2D eigenvalue weighted by Crippen LogP contribution is -2.44. The van der Waals surface area contributed by atoms with Crippen molar-refractivity contribution >= 4 is 16.0 Å². The molecule has 2 heterocycles. The van der Waals surface area contributed by atoms with Crippen molar-refractivity contribution in [3.8, 4) is 11.4 Å². The smallest absolute Gasteiger partial charge is 0.460 e. The van der Waals surface area contributed by atoms with E-state index in [1.807, 2.05) is 32.9 Å². The summed E-state index contributed by atoms with van der Waals surface area (Å²) in [5, 5.41) is 4.32. The summed E-state index contributed by atoms with van der Waals surface area (Å²) in [6, 6.07) is 7.31. The van der Waals surface area contributed by atoms with Crippen molar-refractivity contribution in [1.29, 1.82) is 0 Å². The molecule has 0 bridgehead atoms. The van der Waals surface area contributed by atoms with Crippen LogP contribution in [0.4, 0.5) is 13.2 Å². The summed E-state index contributed by atoms with van der Waals surface area (Å²) >= 11 is 0. The Morgan fingerprint density at radius 3 is 2.56 bits per heavy atom. The molecular formula is C20H25F3N4O4S. The molecule has 32 heavy (non-hydrogen) atoms. The first-order valence-electron chi connectivity index (χ1n) is 10.1. The van der Waals surface area contributed by atoms with Crippen molar-refractivity contribution < 1.29 is 31.1 Å². The molecule has 12 heteroatoms.